The number of aryl methyl sites for hydroxylation is 1. The number of benzene rings is 1. The fourth-order valence-corrected chi connectivity index (χ4v) is 5.27. The van der Waals surface area contributed by atoms with Crippen molar-refractivity contribution in [3.05, 3.63) is 24.4 Å². The van der Waals surface area contributed by atoms with Crippen LogP contribution in [0.3, 0.4) is 0 Å². The van der Waals surface area contributed by atoms with E-state index in [1.807, 2.05) is 17.9 Å². The summed E-state index contributed by atoms with van der Waals surface area (Å²) < 4.78 is 4.01. The van der Waals surface area contributed by atoms with Crippen LogP contribution in [0.5, 0.6) is 0 Å². The Morgan fingerprint density at radius 3 is 2.67 bits per heavy atom. The van der Waals surface area contributed by atoms with E-state index in [2.05, 4.69) is 44.1 Å². The molecule has 2 aromatic rings. The normalized spacial score (nSPS) is 12.3. The molecule has 0 aliphatic heterocycles. The van der Waals surface area contributed by atoms with E-state index in [1.165, 1.54) is 10.9 Å². The Balaban J connectivity index is 2.39. The molecule has 3 heteroatoms. The molecule has 0 N–H and O–H groups in total. The fourth-order valence-electron chi connectivity index (χ4n) is 1.67. The molecular formula is C12H16N2Sn. The Morgan fingerprint density at radius 1 is 1.27 bits per heavy atom. The van der Waals surface area contributed by atoms with Crippen LogP contribution in [0.25, 0.3) is 10.9 Å². The predicted molar refractivity (Wildman–Crippen MR) is 65.8 cm³/mol. The zero-order valence-electron chi connectivity index (χ0n) is 9.70. The summed E-state index contributed by atoms with van der Waals surface area (Å²) in [6.07, 6.45) is 1.96. The molecule has 15 heavy (non-hydrogen) atoms. The van der Waals surface area contributed by atoms with Crippen molar-refractivity contribution in [1.82, 2.24) is 9.78 Å². The van der Waals surface area contributed by atoms with E-state index < -0.39 is 21.1 Å². The molecule has 0 saturated heterocycles. The number of hydrogen-bond donors (Lipinski definition) is 0. The van der Waals surface area contributed by atoms with Crippen molar-refractivity contribution in [1.29, 1.82) is 0 Å². The maximum absolute atomic E-state index is 4.27. The van der Waals surface area contributed by atoms with E-state index in [4.69, 9.17) is 0 Å². The van der Waals surface area contributed by atoms with Crippen molar-refractivity contribution < 1.29 is 0 Å². The summed E-state index contributed by atoms with van der Waals surface area (Å²) in [6.45, 7) is 7.02. The van der Waals surface area contributed by atoms with Gasteiger partial charge in [-0.15, -0.1) is 0 Å². The molecule has 0 unspecified atom stereocenters. The van der Waals surface area contributed by atoms with Gasteiger partial charge in [0.15, 0.2) is 0 Å². The number of hydrogen-bond acceptors (Lipinski definition) is 1. The third-order valence-electron chi connectivity index (χ3n) is 2.27. The Labute approximate surface area is 101 Å². The van der Waals surface area contributed by atoms with Crippen LogP contribution in [0.2, 0.25) is 3.43 Å². The predicted octanol–water partition coefficient (Wildman–Crippen LogP) is 2.12. The Kier molecular flexibility index (Phi) is 2.79. The van der Waals surface area contributed by atoms with Crippen molar-refractivity contribution in [2.75, 3.05) is 0 Å². The number of aromatic nitrogens is 2. The van der Waals surface area contributed by atoms with Gasteiger partial charge in [-0.1, -0.05) is 0 Å². The van der Waals surface area contributed by atoms with Gasteiger partial charge in [-0.2, -0.15) is 0 Å². The quantitative estimate of drug-likeness (QED) is 0.738. The average Bonchev–Trinajstić information content (AvgIpc) is 2.45. The SMILES string of the molecule is Cn1ncc2c[c]([Sn][C](C)(C)C)ccc21. The van der Waals surface area contributed by atoms with Crippen molar-refractivity contribution in [2.24, 2.45) is 7.05 Å². The molecule has 0 fully saturated rings. The molecule has 2 radical (unpaired) electrons. The van der Waals surface area contributed by atoms with Crippen molar-refractivity contribution in [3.63, 3.8) is 0 Å². The van der Waals surface area contributed by atoms with Crippen LogP contribution < -0.4 is 3.58 Å². The van der Waals surface area contributed by atoms with Crippen molar-refractivity contribution in [2.45, 2.75) is 24.2 Å². The number of nitrogens with zero attached hydrogens (tertiary/aromatic N) is 2. The van der Waals surface area contributed by atoms with E-state index in [0.29, 0.717) is 3.43 Å². The molecule has 2 nitrogen and oxygen atoms in total. The van der Waals surface area contributed by atoms with Crippen LogP contribution in [0, 0.1) is 0 Å². The monoisotopic (exact) mass is 308 g/mol. The molecule has 1 aromatic carbocycles. The molecule has 0 spiro atoms. The van der Waals surface area contributed by atoms with Gasteiger partial charge < -0.3 is 0 Å². The van der Waals surface area contributed by atoms with E-state index in [0.717, 1.165) is 0 Å². The average molecular weight is 307 g/mol. The first-order chi connectivity index (χ1) is 6.96. The van der Waals surface area contributed by atoms with Crippen LogP contribution in [0.4, 0.5) is 0 Å². The molecule has 0 aliphatic rings. The zero-order chi connectivity index (χ0) is 11.1. The van der Waals surface area contributed by atoms with Gasteiger partial charge in [0.25, 0.3) is 0 Å². The van der Waals surface area contributed by atoms with Gasteiger partial charge in [0.05, 0.1) is 0 Å². The molecule has 0 saturated carbocycles. The molecular weight excluding hydrogens is 291 g/mol. The maximum atomic E-state index is 4.27. The summed E-state index contributed by atoms with van der Waals surface area (Å²) in [6, 6.07) is 6.80. The molecule has 0 bridgehead atoms. The second kappa shape index (κ2) is 3.81. The van der Waals surface area contributed by atoms with E-state index in [-0.39, 0.29) is 0 Å². The topological polar surface area (TPSA) is 17.8 Å². The fraction of sp³-hybridized carbons (Fsp3) is 0.417. The standard InChI is InChI=1S/C8H7N2.C4H9.Sn/c1-10-8-5-3-2-4-7(8)6-9-10;1-4(2)3;/h3-6H,1H3;1-3H3;. The van der Waals surface area contributed by atoms with Gasteiger partial charge in [-0.05, 0) is 0 Å². The zero-order valence-corrected chi connectivity index (χ0v) is 12.6. The second-order valence-corrected chi connectivity index (χ2v) is 11.6. The first-order valence-corrected chi connectivity index (χ1v) is 8.01. The molecule has 0 atom stereocenters. The third kappa shape index (κ3) is 2.54. The Morgan fingerprint density at radius 2 is 2.00 bits per heavy atom. The Bertz CT molecular complexity index is 480. The molecule has 0 amide bonds. The van der Waals surface area contributed by atoms with Gasteiger partial charge in [0.1, 0.15) is 0 Å². The van der Waals surface area contributed by atoms with Crippen LogP contribution in [-0.4, -0.2) is 30.9 Å². The minimum absolute atomic E-state index is 0.480. The van der Waals surface area contributed by atoms with Gasteiger partial charge >= 0.3 is 101 Å². The molecule has 1 aromatic heterocycles. The van der Waals surface area contributed by atoms with Crippen molar-refractivity contribution >= 4 is 35.6 Å². The van der Waals surface area contributed by atoms with Crippen LogP contribution in [-0.2, 0) is 7.05 Å². The van der Waals surface area contributed by atoms with Gasteiger partial charge in [-0.3, -0.25) is 0 Å². The van der Waals surface area contributed by atoms with Crippen LogP contribution in [0.1, 0.15) is 20.8 Å². The summed E-state index contributed by atoms with van der Waals surface area (Å²) >= 11 is -0.480. The van der Waals surface area contributed by atoms with E-state index >= 15 is 0 Å². The molecule has 78 valence electrons. The molecule has 1 heterocycles. The molecule has 0 aliphatic carbocycles. The van der Waals surface area contributed by atoms with Crippen LogP contribution >= 0.6 is 0 Å². The summed E-state index contributed by atoms with van der Waals surface area (Å²) in [5.74, 6) is 0. The summed E-state index contributed by atoms with van der Waals surface area (Å²) in [4.78, 5) is 0. The minimum atomic E-state index is -0.480. The van der Waals surface area contributed by atoms with Gasteiger partial charge in [0, 0.05) is 0 Å². The molecule has 2 rings (SSSR count). The first kappa shape index (κ1) is 11.0. The number of fused-ring (bicyclic) bond motifs is 1. The first-order valence-electron chi connectivity index (χ1n) is 5.16. The van der Waals surface area contributed by atoms with E-state index in [9.17, 15) is 0 Å². The van der Waals surface area contributed by atoms with Gasteiger partial charge in [-0.25, -0.2) is 0 Å². The second-order valence-electron chi connectivity index (χ2n) is 4.92. The summed E-state index contributed by atoms with van der Waals surface area (Å²) in [7, 11) is 1.99. The third-order valence-corrected chi connectivity index (χ3v) is 6.12. The number of rotatable bonds is 1. The summed E-state index contributed by atoms with van der Waals surface area (Å²) in [5, 5.41) is 5.55. The summed E-state index contributed by atoms with van der Waals surface area (Å²) in [5.41, 5.74) is 1.23. The van der Waals surface area contributed by atoms with Gasteiger partial charge in [0.2, 0.25) is 0 Å². The van der Waals surface area contributed by atoms with E-state index in [1.54, 1.807) is 3.58 Å². The van der Waals surface area contributed by atoms with Crippen LogP contribution in [0.15, 0.2) is 24.4 Å². The van der Waals surface area contributed by atoms with Crippen molar-refractivity contribution in [3.8, 4) is 0 Å². The Hall–Kier alpha value is -0.511.